The molecule has 0 aliphatic carbocycles. The number of halogens is 2. The molecule has 240 valence electrons. The maximum Gasteiger partial charge on any atom is 0.241 e. The van der Waals surface area contributed by atoms with E-state index in [-0.39, 0.29) is 55.4 Å². The molecule has 3 amide bonds. The Hall–Kier alpha value is -2.69. The van der Waals surface area contributed by atoms with E-state index in [0.717, 1.165) is 31.5 Å². The Morgan fingerprint density at radius 2 is 1.82 bits per heavy atom. The monoisotopic (exact) mass is 645 g/mol. The number of rotatable bonds is 12. The standard InChI is InChI=1S/C33H45Cl2N5O4/c1-22-26(34)9-10-27(31(22)35)38-32(43)28(13-15-36)37-21-44-19-25-17-23-7-4-5-8-24(23)18-40(25)30(42)12-11-29(41)39-16-6-14-33(2,3)20-39/h4-5,7-10,25,28,37H,6,11-21,36H2,1-3H3,(H,38,43)/t25-,28-/m0/s1. The second-order valence-electron chi connectivity index (χ2n) is 12.6. The van der Waals surface area contributed by atoms with Crippen LogP contribution in [0.3, 0.4) is 0 Å². The van der Waals surface area contributed by atoms with Crippen LogP contribution in [0, 0.1) is 12.3 Å². The van der Waals surface area contributed by atoms with Crippen molar-refractivity contribution < 1.29 is 19.1 Å². The van der Waals surface area contributed by atoms with Crippen LogP contribution in [0.1, 0.15) is 62.6 Å². The molecule has 0 aromatic heterocycles. The van der Waals surface area contributed by atoms with E-state index < -0.39 is 6.04 Å². The molecule has 0 radical (unpaired) electrons. The SMILES string of the molecule is Cc1c(Cl)ccc(NC(=O)[C@H](CCN)NCOC[C@@H]2Cc3ccccc3CN2C(=O)CCC(=O)N2CCCC(C)(C)C2)c1Cl. The Morgan fingerprint density at radius 3 is 2.55 bits per heavy atom. The van der Waals surface area contributed by atoms with Crippen LogP contribution in [0.15, 0.2) is 36.4 Å². The van der Waals surface area contributed by atoms with E-state index in [9.17, 15) is 14.4 Å². The molecule has 2 aliphatic heterocycles. The van der Waals surface area contributed by atoms with Crippen molar-refractivity contribution in [1.29, 1.82) is 0 Å². The van der Waals surface area contributed by atoms with Crippen molar-refractivity contribution in [3.8, 4) is 0 Å². The quantitative estimate of drug-likeness (QED) is 0.223. The number of nitrogens with two attached hydrogens (primary N) is 1. The van der Waals surface area contributed by atoms with Gasteiger partial charge in [-0.05, 0) is 73.4 Å². The van der Waals surface area contributed by atoms with Crippen molar-refractivity contribution in [1.82, 2.24) is 15.1 Å². The zero-order valence-corrected chi connectivity index (χ0v) is 27.5. The van der Waals surface area contributed by atoms with E-state index >= 15 is 0 Å². The molecule has 0 bridgehead atoms. The molecule has 0 unspecified atom stereocenters. The molecule has 0 spiro atoms. The van der Waals surface area contributed by atoms with Crippen molar-refractivity contribution in [2.45, 2.75) is 77.9 Å². The summed E-state index contributed by atoms with van der Waals surface area (Å²) in [5.74, 6) is -0.297. The van der Waals surface area contributed by atoms with Crippen molar-refractivity contribution in [2.75, 3.05) is 38.3 Å². The summed E-state index contributed by atoms with van der Waals surface area (Å²) in [6.45, 7) is 8.79. The zero-order chi connectivity index (χ0) is 31.9. The van der Waals surface area contributed by atoms with Gasteiger partial charge in [0.1, 0.15) is 0 Å². The van der Waals surface area contributed by atoms with Gasteiger partial charge in [0.25, 0.3) is 0 Å². The number of likely N-dealkylation sites (tertiary alicyclic amines) is 1. The summed E-state index contributed by atoms with van der Waals surface area (Å²) in [4.78, 5) is 43.2. The lowest BCUT2D eigenvalue weighted by Gasteiger charge is -2.39. The summed E-state index contributed by atoms with van der Waals surface area (Å²) < 4.78 is 6.00. The number of hydrogen-bond donors (Lipinski definition) is 3. The number of anilines is 1. The molecule has 1 fully saturated rings. The first-order chi connectivity index (χ1) is 21.0. The minimum absolute atomic E-state index is 0.0415. The van der Waals surface area contributed by atoms with Gasteiger partial charge in [0, 0.05) is 37.5 Å². The normalized spacial score (nSPS) is 18.5. The average molecular weight is 647 g/mol. The van der Waals surface area contributed by atoms with Crippen molar-refractivity contribution in [2.24, 2.45) is 11.1 Å². The number of hydrogen-bond acceptors (Lipinski definition) is 6. The van der Waals surface area contributed by atoms with E-state index in [1.165, 1.54) is 5.56 Å². The number of nitrogens with one attached hydrogen (secondary N) is 2. The molecule has 0 saturated carbocycles. The molecule has 2 aliphatic rings. The number of benzene rings is 2. The number of nitrogens with zero attached hydrogens (tertiary/aromatic N) is 2. The summed E-state index contributed by atoms with van der Waals surface area (Å²) >= 11 is 12.5. The second kappa shape index (κ2) is 15.5. The smallest absolute Gasteiger partial charge is 0.241 e. The highest BCUT2D eigenvalue weighted by atomic mass is 35.5. The van der Waals surface area contributed by atoms with Gasteiger partial charge in [-0.3, -0.25) is 19.7 Å². The van der Waals surface area contributed by atoms with Gasteiger partial charge in [-0.15, -0.1) is 0 Å². The van der Waals surface area contributed by atoms with Gasteiger partial charge < -0.3 is 25.6 Å². The van der Waals surface area contributed by atoms with Crippen molar-refractivity contribution >= 4 is 46.6 Å². The summed E-state index contributed by atoms with van der Waals surface area (Å²) in [5, 5.41) is 6.89. The minimum atomic E-state index is -0.609. The highest BCUT2D eigenvalue weighted by Gasteiger charge is 2.32. The van der Waals surface area contributed by atoms with Crippen LogP contribution < -0.4 is 16.4 Å². The molecule has 1 saturated heterocycles. The molecule has 4 rings (SSSR count). The third kappa shape index (κ3) is 8.95. The Balaban J connectivity index is 1.33. The Morgan fingerprint density at radius 1 is 1.09 bits per heavy atom. The summed E-state index contributed by atoms with van der Waals surface area (Å²) in [6.07, 6.45) is 3.51. The second-order valence-corrected chi connectivity index (χ2v) is 13.4. The maximum absolute atomic E-state index is 13.5. The first-order valence-electron chi connectivity index (χ1n) is 15.4. The maximum atomic E-state index is 13.5. The molecule has 2 aromatic carbocycles. The van der Waals surface area contributed by atoms with Gasteiger partial charge in [-0.1, -0.05) is 61.3 Å². The fourth-order valence-electron chi connectivity index (χ4n) is 6.00. The first-order valence-corrected chi connectivity index (χ1v) is 16.2. The molecular formula is C33H45Cl2N5O4. The molecule has 11 heteroatoms. The summed E-state index contributed by atoms with van der Waals surface area (Å²) in [7, 11) is 0. The van der Waals surface area contributed by atoms with Gasteiger partial charge >= 0.3 is 0 Å². The lowest BCUT2D eigenvalue weighted by atomic mass is 9.84. The fraction of sp³-hybridized carbons (Fsp3) is 0.545. The number of fused-ring (bicyclic) bond motifs is 1. The number of ether oxygens (including phenoxy) is 1. The molecule has 4 N–H and O–H groups in total. The Labute approximate surface area is 270 Å². The topological polar surface area (TPSA) is 117 Å². The predicted octanol–water partition coefficient (Wildman–Crippen LogP) is 4.90. The van der Waals surface area contributed by atoms with Gasteiger partial charge in [0.2, 0.25) is 17.7 Å². The number of piperidine rings is 1. The lowest BCUT2D eigenvalue weighted by Crippen LogP contribution is -2.48. The molecule has 9 nitrogen and oxygen atoms in total. The van der Waals surface area contributed by atoms with Crippen LogP contribution in [0.25, 0.3) is 0 Å². The van der Waals surface area contributed by atoms with Crippen molar-refractivity contribution in [3.63, 3.8) is 0 Å². The van der Waals surface area contributed by atoms with Gasteiger partial charge in [-0.2, -0.15) is 0 Å². The number of carbonyl (C=O) groups excluding carboxylic acids is 3. The number of amides is 3. The Bertz CT molecular complexity index is 1340. The third-order valence-electron chi connectivity index (χ3n) is 8.57. The molecule has 2 heterocycles. The van der Waals surface area contributed by atoms with Crippen molar-refractivity contribution in [3.05, 3.63) is 63.1 Å². The molecule has 2 aromatic rings. The van der Waals surface area contributed by atoms with Gasteiger partial charge in [0.05, 0.1) is 36.1 Å². The minimum Gasteiger partial charge on any atom is -0.364 e. The average Bonchev–Trinajstić information content (AvgIpc) is 3.00. The van der Waals surface area contributed by atoms with Crippen LogP contribution in [0.4, 0.5) is 5.69 Å². The fourth-order valence-corrected chi connectivity index (χ4v) is 6.42. The zero-order valence-electron chi connectivity index (χ0n) is 26.0. The van der Waals surface area contributed by atoms with Crippen LogP contribution in [-0.4, -0.2) is 72.6 Å². The molecular weight excluding hydrogens is 601 g/mol. The highest BCUT2D eigenvalue weighted by Crippen LogP contribution is 2.31. The van der Waals surface area contributed by atoms with Crippen LogP contribution in [-0.2, 0) is 32.1 Å². The van der Waals surface area contributed by atoms with Gasteiger partial charge in [0.15, 0.2) is 0 Å². The van der Waals surface area contributed by atoms with Crippen LogP contribution >= 0.6 is 23.2 Å². The molecule has 2 atom stereocenters. The van der Waals surface area contributed by atoms with E-state index in [1.807, 2.05) is 28.0 Å². The Kier molecular flexibility index (Phi) is 12.1. The van der Waals surface area contributed by atoms with E-state index in [0.29, 0.717) is 47.2 Å². The van der Waals surface area contributed by atoms with Crippen LogP contribution in [0.5, 0.6) is 0 Å². The van der Waals surface area contributed by atoms with Gasteiger partial charge in [-0.25, -0.2) is 0 Å². The number of carbonyl (C=O) groups is 3. The molecule has 44 heavy (non-hydrogen) atoms. The lowest BCUT2D eigenvalue weighted by molar-refractivity contribution is -0.141. The summed E-state index contributed by atoms with van der Waals surface area (Å²) in [6, 6.07) is 10.6. The largest absolute Gasteiger partial charge is 0.364 e. The summed E-state index contributed by atoms with van der Waals surface area (Å²) in [5.41, 5.74) is 9.34. The van der Waals surface area contributed by atoms with E-state index in [2.05, 4.69) is 30.5 Å². The highest BCUT2D eigenvalue weighted by molar-refractivity contribution is 6.38. The van der Waals surface area contributed by atoms with E-state index in [1.54, 1.807) is 19.1 Å². The third-order valence-corrected chi connectivity index (χ3v) is 9.47. The van der Waals surface area contributed by atoms with E-state index in [4.69, 9.17) is 33.7 Å². The predicted molar refractivity (Wildman–Crippen MR) is 175 cm³/mol. The van der Waals surface area contributed by atoms with Crippen LogP contribution in [0.2, 0.25) is 10.0 Å². The first kappa shape index (κ1) is 34.2.